The number of ether oxygens (including phenoxy) is 2. The summed E-state index contributed by atoms with van der Waals surface area (Å²) in [6, 6.07) is 0. The standard InChI is InChI=1S/C18H28O5/c1-12-6-7-15(19)13(2)14(3)23-17(20)9-11-18(4,21)10-8-16(12)22-5/h6,8-11,13-16,19,21H,7H2,1-5H3/b10-8+,11-9+,12-6+/t13?,14-,15?,16+,18-/m1/s1. The van der Waals surface area contributed by atoms with Crippen LogP contribution in [0.25, 0.3) is 0 Å². The molecule has 0 saturated heterocycles. The third-order valence-electron chi connectivity index (χ3n) is 4.20. The van der Waals surface area contributed by atoms with E-state index in [4.69, 9.17) is 9.47 Å². The van der Waals surface area contributed by atoms with Gasteiger partial charge in [-0.25, -0.2) is 4.79 Å². The highest BCUT2D eigenvalue weighted by atomic mass is 16.5. The summed E-state index contributed by atoms with van der Waals surface area (Å²) in [5.74, 6) is -0.756. The molecule has 2 N–H and O–H groups in total. The maximum absolute atomic E-state index is 11.8. The zero-order valence-electron chi connectivity index (χ0n) is 14.5. The fraction of sp³-hybridized carbons (Fsp3) is 0.611. The first kappa shape index (κ1) is 19.6. The van der Waals surface area contributed by atoms with E-state index in [1.54, 1.807) is 33.1 Å². The van der Waals surface area contributed by atoms with Crippen LogP contribution in [-0.2, 0) is 14.3 Å². The quantitative estimate of drug-likeness (QED) is 0.571. The van der Waals surface area contributed by atoms with Gasteiger partial charge in [0, 0.05) is 19.1 Å². The summed E-state index contributed by atoms with van der Waals surface area (Å²) in [5, 5.41) is 20.5. The summed E-state index contributed by atoms with van der Waals surface area (Å²) in [6.45, 7) is 7.07. The SMILES string of the molecule is CO[C@H]1/C=C/[C@@](C)(O)/C=C/C(=O)O[C@H](C)C(C)C(O)C/C=C/1C. The summed E-state index contributed by atoms with van der Waals surface area (Å²) in [5.41, 5.74) is -0.342. The number of hydrogen-bond donors (Lipinski definition) is 2. The van der Waals surface area contributed by atoms with E-state index in [1.807, 2.05) is 19.9 Å². The molecule has 0 aliphatic carbocycles. The van der Waals surface area contributed by atoms with Gasteiger partial charge in [-0.3, -0.25) is 0 Å². The molecule has 5 heteroatoms. The van der Waals surface area contributed by atoms with Gasteiger partial charge in [-0.05, 0) is 38.8 Å². The van der Waals surface area contributed by atoms with Crippen LogP contribution in [-0.4, -0.2) is 47.2 Å². The Morgan fingerprint density at radius 1 is 1.35 bits per heavy atom. The van der Waals surface area contributed by atoms with Gasteiger partial charge in [0.05, 0.1) is 17.8 Å². The highest BCUT2D eigenvalue weighted by molar-refractivity contribution is 5.82. The Bertz CT molecular complexity index is 490. The second-order valence-corrected chi connectivity index (χ2v) is 6.33. The Hall–Kier alpha value is -1.43. The van der Waals surface area contributed by atoms with Crippen molar-refractivity contribution in [2.75, 3.05) is 7.11 Å². The summed E-state index contributed by atoms with van der Waals surface area (Å²) in [6.07, 6.45) is 6.86. The predicted molar refractivity (Wildman–Crippen MR) is 88.8 cm³/mol. The first-order valence-corrected chi connectivity index (χ1v) is 7.85. The largest absolute Gasteiger partial charge is 0.459 e. The minimum Gasteiger partial charge on any atom is -0.459 e. The molecule has 0 spiro atoms. The Balaban J connectivity index is 3.13. The third kappa shape index (κ3) is 6.29. The Morgan fingerprint density at radius 2 is 2.00 bits per heavy atom. The molecule has 0 radical (unpaired) electrons. The van der Waals surface area contributed by atoms with E-state index >= 15 is 0 Å². The first-order chi connectivity index (χ1) is 10.7. The molecule has 1 rings (SSSR count). The molecule has 0 aromatic heterocycles. The molecule has 0 aromatic carbocycles. The lowest BCUT2D eigenvalue weighted by Crippen LogP contribution is -2.31. The lowest BCUT2D eigenvalue weighted by Gasteiger charge is -2.25. The molecule has 0 saturated carbocycles. The van der Waals surface area contributed by atoms with Crippen molar-refractivity contribution in [2.24, 2.45) is 5.92 Å². The second kappa shape index (κ2) is 8.43. The Morgan fingerprint density at radius 3 is 2.61 bits per heavy atom. The molecular weight excluding hydrogens is 296 g/mol. The highest BCUT2D eigenvalue weighted by Crippen LogP contribution is 2.19. The van der Waals surface area contributed by atoms with Gasteiger partial charge in [-0.1, -0.05) is 25.2 Å². The van der Waals surface area contributed by atoms with Crippen LogP contribution in [0, 0.1) is 5.92 Å². The van der Waals surface area contributed by atoms with Crippen molar-refractivity contribution in [2.45, 2.75) is 58.0 Å². The summed E-state index contributed by atoms with van der Waals surface area (Å²) >= 11 is 0. The molecule has 5 nitrogen and oxygen atoms in total. The van der Waals surface area contributed by atoms with Gasteiger partial charge in [0.15, 0.2) is 0 Å². The predicted octanol–water partition coefficient (Wildman–Crippen LogP) is 2.14. The average molecular weight is 324 g/mol. The van der Waals surface area contributed by atoms with E-state index < -0.39 is 23.8 Å². The number of esters is 1. The minimum absolute atomic E-state index is 0.212. The number of hydrogen-bond acceptors (Lipinski definition) is 5. The van der Waals surface area contributed by atoms with Crippen LogP contribution in [0.15, 0.2) is 36.0 Å². The van der Waals surface area contributed by atoms with Crippen LogP contribution >= 0.6 is 0 Å². The molecule has 130 valence electrons. The van der Waals surface area contributed by atoms with Gasteiger partial charge < -0.3 is 19.7 Å². The zero-order chi connectivity index (χ0) is 17.6. The van der Waals surface area contributed by atoms with Crippen molar-refractivity contribution in [3.05, 3.63) is 36.0 Å². The molecule has 1 aliphatic rings. The molecule has 5 atom stereocenters. The Labute approximate surface area is 138 Å². The van der Waals surface area contributed by atoms with Gasteiger partial charge in [0.2, 0.25) is 0 Å². The molecule has 1 aliphatic heterocycles. The van der Waals surface area contributed by atoms with Gasteiger partial charge in [-0.15, -0.1) is 0 Å². The number of cyclic esters (lactones) is 1. The van der Waals surface area contributed by atoms with Crippen molar-refractivity contribution < 1.29 is 24.5 Å². The number of methoxy groups -OCH3 is 1. The van der Waals surface area contributed by atoms with Crippen LogP contribution in [0.4, 0.5) is 0 Å². The molecule has 2 unspecified atom stereocenters. The Kier molecular flexibility index (Phi) is 7.19. The van der Waals surface area contributed by atoms with E-state index in [2.05, 4.69) is 0 Å². The van der Waals surface area contributed by atoms with Crippen molar-refractivity contribution in [1.82, 2.24) is 0 Å². The molecule has 0 fully saturated rings. The number of carbonyl (C=O) groups is 1. The topological polar surface area (TPSA) is 76.0 Å². The lowest BCUT2D eigenvalue weighted by atomic mass is 9.95. The van der Waals surface area contributed by atoms with Crippen LogP contribution < -0.4 is 0 Å². The monoisotopic (exact) mass is 324 g/mol. The third-order valence-corrected chi connectivity index (χ3v) is 4.20. The van der Waals surface area contributed by atoms with E-state index in [-0.39, 0.29) is 12.0 Å². The zero-order valence-corrected chi connectivity index (χ0v) is 14.5. The molecule has 0 bridgehead atoms. The van der Waals surface area contributed by atoms with Crippen LogP contribution in [0.5, 0.6) is 0 Å². The van der Waals surface area contributed by atoms with Gasteiger partial charge in [0.25, 0.3) is 0 Å². The molecular formula is C18H28O5. The number of aliphatic hydroxyl groups excluding tert-OH is 1. The first-order valence-electron chi connectivity index (χ1n) is 7.85. The number of aliphatic hydroxyl groups is 2. The van der Waals surface area contributed by atoms with Crippen LogP contribution in [0.3, 0.4) is 0 Å². The number of rotatable bonds is 1. The summed E-state index contributed by atoms with van der Waals surface area (Å²) in [4.78, 5) is 11.8. The second-order valence-electron chi connectivity index (χ2n) is 6.33. The minimum atomic E-state index is -1.28. The molecule has 0 aromatic rings. The normalized spacial score (nSPS) is 42.0. The van der Waals surface area contributed by atoms with E-state index in [9.17, 15) is 15.0 Å². The smallest absolute Gasteiger partial charge is 0.330 e. The fourth-order valence-electron chi connectivity index (χ4n) is 2.27. The van der Waals surface area contributed by atoms with Crippen LogP contribution in [0.1, 0.15) is 34.1 Å². The molecule has 0 amide bonds. The van der Waals surface area contributed by atoms with Gasteiger partial charge in [-0.2, -0.15) is 0 Å². The van der Waals surface area contributed by atoms with Crippen molar-refractivity contribution >= 4 is 5.97 Å². The van der Waals surface area contributed by atoms with Gasteiger partial charge >= 0.3 is 5.97 Å². The summed E-state index contributed by atoms with van der Waals surface area (Å²) < 4.78 is 10.7. The van der Waals surface area contributed by atoms with Crippen LogP contribution in [0.2, 0.25) is 0 Å². The van der Waals surface area contributed by atoms with Crippen molar-refractivity contribution in [3.63, 3.8) is 0 Å². The maximum atomic E-state index is 11.8. The van der Waals surface area contributed by atoms with E-state index in [0.29, 0.717) is 6.42 Å². The summed E-state index contributed by atoms with van der Waals surface area (Å²) in [7, 11) is 1.58. The number of carbonyl (C=O) groups excluding carboxylic acids is 1. The molecule has 23 heavy (non-hydrogen) atoms. The lowest BCUT2D eigenvalue weighted by molar-refractivity contribution is -0.146. The van der Waals surface area contributed by atoms with E-state index in [1.165, 1.54) is 12.2 Å². The van der Waals surface area contributed by atoms with Gasteiger partial charge in [0.1, 0.15) is 6.10 Å². The maximum Gasteiger partial charge on any atom is 0.330 e. The van der Waals surface area contributed by atoms with Crippen molar-refractivity contribution in [3.8, 4) is 0 Å². The highest BCUT2D eigenvalue weighted by Gasteiger charge is 2.24. The molecule has 1 heterocycles. The van der Waals surface area contributed by atoms with E-state index in [0.717, 1.165) is 5.57 Å². The average Bonchev–Trinajstić information content (AvgIpc) is 2.49. The van der Waals surface area contributed by atoms with Crippen molar-refractivity contribution in [1.29, 1.82) is 0 Å². The fourth-order valence-corrected chi connectivity index (χ4v) is 2.27.